The van der Waals surface area contributed by atoms with Crippen molar-refractivity contribution in [3.63, 3.8) is 0 Å². The summed E-state index contributed by atoms with van der Waals surface area (Å²) >= 11 is 4.10. The van der Waals surface area contributed by atoms with Gasteiger partial charge in [0.05, 0.1) is 18.8 Å². The van der Waals surface area contributed by atoms with Gasteiger partial charge < -0.3 is 15.2 Å². The van der Waals surface area contributed by atoms with Crippen molar-refractivity contribution in [2.45, 2.75) is 50.1 Å². The molecule has 2 fully saturated rings. The molecule has 0 spiro atoms. The molecular weight excluding hydrogens is 290 g/mol. The van der Waals surface area contributed by atoms with Gasteiger partial charge in [-0.05, 0) is 31.6 Å². The molecule has 0 aromatic carbocycles. The van der Waals surface area contributed by atoms with E-state index in [-0.39, 0.29) is 6.10 Å². The highest BCUT2D eigenvalue weighted by Crippen LogP contribution is 2.25. The molecule has 1 heterocycles. The van der Waals surface area contributed by atoms with E-state index in [0.717, 1.165) is 25.3 Å². The van der Waals surface area contributed by atoms with Crippen LogP contribution in [0.5, 0.6) is 0 Å². The molecule has 5 heteroatoms. The van der Waals surface area contributed by atoms with Crippen LogP contribution in [0.25, 0.3) is 0 Å². The zero-order valence-corrected chi connectivity index (χ0v) is 14.2. The Morgan fingerprint density at radius 3 is 2.75 bits per heavy atom. The minimum atomic E-state index is -0.365. The average Bonchev–Trinajstić information content (AvgIpc) is 2.48. The lowest BCUT2D eigenvalue weighted by Gasteiger charge is -2.27. The van der Waals surface area contributed by atoms with Crippen molar-refractivity contribution in [1.82, 2.24) is 5.32 Å². The van der Waals surface area contributed by atoms with Crippen LogP contribution in [-0.2, 0) is 4.74 Å². The molecular formula is C15H29NO2S2. The summed E-state index contributed by atoms with van der Waals surface area (Å²) in [5.74, 6) is 4.65. The van der Waals surface area contributed by atoms with Crippen molar-refractivity contribution >= 4 is 23.5 Å². The Labute approximate surface area is 132 Å². The maximum atomic E-state index is 9.96. The second kappa shape index (κ2) is 9.57. The molecule has 2 aliphatic rings. The van der Waals surface area contributed by atoms with Gasteiger partial charge in [0.25, 0.3) is 0 Å². The first-order valence-electron chi connectivity index (χ1n) is 7.93. The number of aliphatic hydroxyl groups is 1. The molecule has 2 N–H and O–H groups in total. The van der Waals surface area contributed by atoms with Gasteiger partial charge in [-0.25, -0.2) is 0 Å². The quantitative estimate of drug-likeness (QED) is 0.754. The van der Waals surface area contributed by atoms with Crippen molar-refractivity contribution in [2.75, 3.05) is 37.0 Å². The van der Waals surface area contributed by atoms with E-state index in [4.69, 9.17) is 4.74 Å². The molecule has 3 nitrogen and oxygen atoms in total. The van der Waals surface area contributed by atoms with Crippen LogP contribution >= 0.6 is 23.5 Å². The minimum absolute atomic E-state index is 0.365. The predicted molar refractivity (Wildman–Crippen MR) is 89.8 cm³/mol. The third kappa shape index (κ3) is 6.56. The van der Waals surface area contributed by atoms with E-state index in [2.05, 4.69) is 24.0 Å². The van der Waals surface area contributed by atoms with Crippen molar-refractivity contribution in [3.05, 3.63) is 0 Å². The van der Waals surface area contributed by atoms with Gasteiger partial charge in [0.1, 0.15) is 0 Å². The van der Waals surface area contributed by atoms with Crippen molar-refractivity contribution in [2.24, 2.45) is 5.92 Å². The number of thioether (sulfide) groups is 2. The number of hydrogen-bond acceptors (Lipinski definition) is 5. The normalized spacial score (nSPS) is 33.0. The molecule has 118 valence electrons. The molecule has 1 aliphatic heterocycles. The number of nitrogens with one attached hydrogen (secondary N) is 1. The Hall–Kier alpha value is 0.580. The van der Waals surface area contributed by atoms with Crippen LogP contribution in [0.4, 0.5) is 0 Å². The molecule has 0 radical (unpaired) electrons. The summed E-state index contributed by atoms with van der Waals surface area (Å²) in [4.78, 5) is 0. The Kier molecular flexibility index (Phi) is 8.10. The number of rotatable bonds is 7. The van der Waals surface area contributed by atoms with Crippen molar-refractivity contribution in [1.29, 1.82) is 0 Å². The van der Waals surface area contributed by atoms with E-state index in [1.807, 2.05) is 11.8 Å². The fourth-order valence-electron chi connectivity index (χ4n) is 2.77. The topological polar surface area (TPSA) is 41.5 Å². The van der Waals surface area contributed by atoms with Gasteiger partial charge in [-0.15, -0.1) is 0 Å². The van der Waals surface area contributed by atoms with Crippen LogP contribution in [0.3, 0.4) is 0 Å². The van der Waals surface area contributed by atoms with Crippen LogP contribution in [-0.4, -0.2) is 59.5 Å². The molecule has 20 heavy (non-hydrogen) atoms. The fourth-order valence-corrected chi connectivity index (χ4v) is 5.41. The zero-order valence-electron chi connectivity index (χ0n) is 12.6. The molecule has 1 aliphatic carbocycles. The molecule has 1 saturated heterocycles. The van der Waals surface area contributed by atoms with Crippen molar-refractivity contribution in [3.8, 4) is 0 Å². The van der Waals surface area contributed by atoms with Gasteiger partial charge in [0.2, 0.25) is 0 Å². The smallest absolute Gasteiger partial charge is 0.0897 e. The maximum absolute atomic E-state index is 9.96. The lowest BCUT2D eigenvalue weighted by Crippen LogP contribution is -2.37. The highest BCUT2D eigenvalue weighted by atomic mass is 32.2. The number of aliphatic hydroxyl groups excluding tert-OH is 1. The summed E-state index contributed by atoms with van der Waals surface area (Å²) in [6.07, 6.45) is 4.89. The van der Waals surface area contributed by atoms with E-state index in [9.17, 15) is 5.11 Å². The molecule has 2 atom stereocenters. The second-order valence-corrected chi connectivity index (χ2v) is 8.65. The Bertz CT molecular complexity index is 254. The van der Waals surface area contributed by atoms with E-state index in [0.29, 0.717) is 24.5 Å². The molecule has 0 amide bonds. The van der Waals surface area contributed by atoms with E-state index < -0.39 is 0 Å². The molecule has 2 rings (SSSR count). The summed E-state index contributed by atoms with van der Waals surface area (Å²) in [5, 5.41) is 14.1. The fraction of sp³-hybridized carbons (Fsp3) is 1.00. The van der Waals surface area contributed by atoms with Gasteiger partial charge >= 0.3 is 0 Å². The summed E-state index contributed by atoms with van der Waals surface area (Å²) in [5.41, 5.74) is 0. The summed E-state index contributed by atoms with van der Waals surface area (Å²) in [6, 6.07) is 0. The van der Waals surface area contributed by atoms with Gasteiger partial charge in [-0.3, -0.25) is 0 Å². The lowest BCUT2D eigenvalue weighted by molar-refractivity contribution is -0.0277. The highest BCUT2D eigenvalue weighted by molar-refractivity contribution is 8.06. The lowest BCUT2D eigenvalue weighted by atomic mass is 9.89. The summed E-state index contributed by atoms with van der Waals surface area (Å²) in [7, 11) is 0. The first-order valence-corrected chi connectivity index (χ1v) is 10.1. The standard InChI is InChI=1S/C15H29NO2S2/c1-12-2-4-14(5-3-12)18-10-13(17)8-16-9-15-11-19-6-7-20-15/h12-17H,2-11H2,1H3. The Morgan fingerprint density at radius 2 is 2.05 bits per heavy atom. The molecule has 0 aromatic rings. The van der Waals surface area contributed by atoms with E-state index >= 15 is 0 Å². The van der Waals surface area contributed by atoms with Crippen LogP contribution in [0.1, 0.15) is 32.6 Å². The zero-order chi connectivity index (χ0) is 14.2. The van der Waals surface area contributed by atoms with Gasteiger partial charge in [0.15, 0.2) is 0 Å². The summed E-state index contributed by atoms with van der Waals surface area (Å²) in [6.45, 7) is 4.47. The number of ether oxygens (including phenoxy) is 1. The van der Waals surface area contributed by atoms with Crippen molar-refractivity contribution < 1.29 is 9.84 Å². The monoisotopic (exact) mass is 319 g/mol. The first-order chi connectivity index (χ1) is 9.74. The van der Waals surface area contributed by atoms with E-state index in [1.165, 1.54) is 30.1 Å². The molecule has 0 aromatic heterocycles. The Morgan fingerprint density at radius 1 is 1.25 bits per heavy atom. The van der Waals surface area contributed by atoms with Gasteiger partial charge in [-0.2, -0.15) is 23.5 Å². The SMILES string of the molecule is CC1CCC(OCC(O)CNCC2CSCCS2)CC1. The van der Waals surface area contributed by atoms with Crippen LogP contribution in [0.15, 0.2) is 0 Å². The third-order valence-corrected chi connectivity index (χ3v) is 6.97. The van der Waals surface area contributed by atoms with Gasteiger partial charge in [-0.1, -0.05) is 6.92 Å². The van der Waals surface area contributed by atoms with Gasteiger partial charge in [0, 0.05) is 35.6 Å². The predicted octanol–water partition coefficient (Wildman–Crippen LogP) is 2.38. The van der Waals surface area contributed by atoms with Crippen LogP contribution in [0, 0.1) is 5.92 Å². The third-order valence-electron chi connectivity index (χ3n) is 4.12. The maximum Gasteiger partial charge on any atom is 0.0897 e. The number of hydrogen-bond donors (Lipinski definition) is 2. The molecule has 0 bridgehead atoms. The Balaban J connectivity index is 1.48. The highest BCUT2D eigenvalue weighted by Gasteiger charge is 2.20. The average molecular weight is 320 g/mol. The van der Waals surface area contributed by atoms with Crippen LogP contribution < -0.4 is 5.32 Å². The minimum Gasteiger partial charge on any atom is -0.389 e. The van der Waals surface area contributed by atoms with Crippen LogP contribution in [0.2, 0.25) is 0 Å². The summed E-state index contributed by atoms with van der Waals surface area (Å²) < 4.78 is 5.84. The molecule has 1 saturated carbocycles. The van der Waals surface area contributed by atoms with E-state index in [1.54, 1.807) is 0 Å². The largest absolute Gasteiger partial charge is 0.389 e. The molecule has 2 unspecified atom stereocenters. The first kappa shape index (κ1) is 16.9. The second-order valence-electron chi connectivity index (χ2n) is 6.10.